The van der Waals surface area contributed by atoms with Crippen LogP contribution in [0.1, 0.15) is 30.1 Å². The molecule has 0 bridgehead atoms. The molecule has 104 valence electrons. The van der Waals surface area contributed by atoms with Gasteiger partial charge in [0.1, 0.15) is 10.4 Å². The molecule has 1 aliphatic rings. The maximum Gasteiger partial charge on any atom is 0.416 e. The highest BCUT2D eigenvalue weighted by molar-refractivity contribution is 9.10. The van der Waals surface area contributed by atoms with Gasteiger partial charge >= 0.3 is 6.18 Å². The molecule has 0 radical (unpaired) electrons. The molecule has 1 aliphatic carbocycles. The van der Waals surface area contributed by atoms with Crippen molar-refractivity contribution in [3.63, 3.8) is 0 Å². The van der Waals surface area contributed by atoms with Gasteiger partial charge in [-0.2, -0.15) is 13.2 Å². The van der Waals surface area contributed by atoms with Crippen molar-refractivity contribution in [2.45, 2.75) is 24.9 Å². The van der Waals surface area contributed by atoms with Gasteiger partial charge in [0.2, 0.25) is 0 Å². The second-order valence-electron chi connectivity index (χ2n) is 4.78. The zero-order valence-electron chi connectivity index (χ0n) is 10.3. The van der Waals surface area contributed by atoms with Gasteiger partial charge < -0.3 is 0 Å². The summed E-state index contributed by atoms with van der Waals surface area (Å²) in [5.41, 5.74) is 0.641. The Morgan fingerprint density at radius 1 is 1.05 bits per heavy atom. The summed E-state index contributed by atoms with van der Waals surface area (Å²) in [4.78, 5) is 8.74. The van der Waals surface area contributed by atoms with Gasteiger partial charge in [0, 0.05) is 11.5 Å². The number of aromatic nitrogens is 2. The number of rotatable bonds is 2. The van der Waals surface area contributed by atoms with E-state index in [0.29, 0.717) is 21.8 Å². The number of hydrogen-bond donors (Lipinski definition) is 0. The van der Waals surface area contributed by atoms with E-state index in [1.165, 1.54) is 12.1 Å². The third-order valence-electron chi connectivity index (χ3n) is 3.16. The second-order valence-corrected chi connectivity index (χ2v) is 5.60. The predicted molar refractivity (Wildman–Crippen MR) is 72.1 cm³/mol. The van der Waals surface area contributed by atoms with Crippen molar-refractivity contribution in [1.82, 2.24) is 9.97 Å². The largest absolute Gasteiger partial charge is 0.416 e. The van der Waals surface area contributed by atoms with E-state index in [1.807, 2.05) is 0 Å². The van der Waals surface area contributed by atoms with Crippen LogP contribution in [0.25, 0.3) is 11.3 Å². The number of nitrogens with zero attached hydrogens (tertiary/aromatic N) is 2. The van der Waals surface area contributed by atoms with Gasteiger partial charge in [0.25, 0.3) is 0 Å². The predicted octanol–water partition coefficient (Wildman–Crippen LogP) is 4.80. The van der Waals surface area contributed by atoms with Gasteiger partial charge in [-0.15, -0.1) is 0 Å². The van der Waals surface area contributed by atoms with Crippen LogP contribution in [-0.2, 0) is 6.18 Å². The third-order valence-corrected chi connectivity index (χ3v) is 3.57. The fourth-order valence-corrected chi connectivity index (χ4v) is 2.34. The standard InChI is InChI=1S/C14H10BrF3N2/c15-12-7-11(19-13(20-12)9-1-2-9)8-3-5-10(6-4-8)14(16,17)18/h3-7,9H,1-2H2. The maximum atomic E-state index is 12.5. The van der Waals surface area contributed by atoms with Crippen LogP contribution in [0.3, 0.4) is 0 Å². The molecular weight excluding hydrogens is 333 g/mol. The van der Waals surface area contributed by atoms with Crippen molar-refractivity contribution >= 4 is 15.9 Å². The first-order chi connectivity index (χ1) is 9.43. The van der Waals surface area contributed by atoms with Gasteiger partial charge in [-0.3, -0.25) is 0 Å². The summed E-state index contributed by atoms with van der Waals surface area (Å²) in [6.07, 6.45) is -2.17. The van der Waals surface area contributed by atoms with Crippen molar-refractivity contribution in [2.24, 2.45) is 0 Å². The Hall–Kier alpha value is -1.43. The molecule has 3 rings (SSSR count). The van der Waals surface area contributed by atoms with E-state index in [4.69, 9.17) is 0 Å². The lowest BCUT2D eigenvalue weighted by Crippen LogP contribution is -2.04. The van der Waals surface area contributed by atoms with Crippen LogP contribution < -0.4 is 0 Å². The quantitative estimate of drug-likeness (QED) is 0.732. The van der Waals surface area contributed by atoms with Gasteiger partial charge in [-0.1, -0.05) is 12.1 Å². The van der Waals surface area contributed by atoms with E-state index in [0.717, 1.165) is 30.8 Å². The fourth-order valence-electron chi connectivity index (χ4n) is 1.94. The van der Waals surface area contributed by atoms with Crippen LogP contribution >= 0.6 is 15.9 Å². The summed E-state index contributed by atoms with van der Waals surface area (Å²) in [7, 11) is 0. The lowest BCUT2D eigenvalue weighted by atomic mass is 10.1. The zero-order chi connectivity index (χ0) is 14.3. The Labute approximate surface area is 122 Å². The maximum absolute atomic E-state index is 12.5. The van der Waals surface area contributed by atoms with Crippen molar-refractivity contribution < 1.29 is 13.2 Å². The normalized spacial score (nSPS) is 15.4. The van der Waals surface area contributed by atoms with Crippen LogP contribution in [0.4, 0.5) is 13.2 Å². The zero-order valence-corrected chi connectivity index (χ0v) is 11.9. The van der Waals surface area contributed by atoms with Crippen LogP contribution in [0.5, 0.6) is 0 Å². The molecule has 1 aromatic heterocycles. The number of alkyl halides is 3. The minimum Gasteiger partial charge on any atom is -0.233 e. The van der Waals surface area contributed by atoms with Crippen LogP contribution in [-0.4, -0.2) is 9.97 Å². The summed E-state index contributed by atoms with van der Waals surface area (Å²) in [5.74, 6) is 1.15. The SMILES string of the molecule is FC(F)(F)c1ccc(-c2cc(Br)nc(C3CC3)n2)cc1. The number of benzene rings is 1. The molecule has 0 atom stereocenters. The van der Waals surface area contributed by atoms with Gasteiger partial charge in [0.05, 0.1) is 11.3 Å². The number of hydrogen-bond acceptors (Lipinski definition) is 2. The molecule has 0 unspecified atom stereocenters. The first kappa shape index (κ1) is 13.5. The van der Waals surface area contributed by atoms with Crippen LogP contribution in [0.2, 0.25) is 0 Å². The van der Waals surface area contributed by atoms with Crippen molar-refractivity contribution in [2.75, 3.05) is 0 Å². The van der Waals surface area contributed by atoms with Crippen molar-refractivity contribution in [3.05, 3.63) is 46.3 Å². The minimum absolute atomic E-state index is 0.390. The Bertz CT molecular complexity index is 634. The highest BCUT2D eigenvalue weighted by Crippen LogP contribution is 2.39. The molecule has 0 saturated heterocycles. The molecule has 20 heavy (non-hydrogen) atoms. The molecule has 0 N–H and O–H groups in total. The monoisotopic (exact) mass is 342 g/mol. The van der Waals surface area contributed by atoms with E-state index in [2.05, 4.69) is 25.9 Å². The highest BCUT2D eigenvalue weighted by Gasteiger charge is 2.30. The average Bonchev–Trinajstić information content (AvgIpc) is 3.21. The highest BCUT2D eigenvalue weighted by atomic mass is 79.9. The lowest BCUT2D eigenvalue weighted by molar-refractivity contribution is -0.137. The molecule has 6 heteroatoms. The molecule has 1 aromatic carbocycles. The smallest absolute Gasteiger partial charge is 0.233 e. The van der Waals surface area contributed by atoms with Gasteiger partial charge in [0.15, 0.2) is 0 Å². The van der Waals surface area contributed by atoms with Crippen LogP contribution in [0, 0.1) is 0 Å². The molecule has 2 nitrogen and oxygen atoms in total. The molecule has 0 amide bonds. The average molecular weight is 343 g/mol. The molecule has 2 aromatic rings. The first-order valence-corrected chi connectivity index (χ1v) is 6.95. The Morgan fingerprint density at radius 2 is 1.70 bits per heavy atom. The summed E-state index contributed by atoms with van der Waals surface area (Å²) < 4.78 is 38.3. The summed E-state index contributed by atoms with van der Waals surface area (Å²) in [6.45, 7) is 0. The Balaban J connectivity index is 1.96. The summed E-state index contributed by atoms with van der Waals surface area (Å²) in [5, 5.41) is 0. The van der Waals surface area contributed by atoms with Gasteiger partial charge in [-0.25, -0.2) is 9.97 Å². The first-order valence-electron chi connectivity index (χ1n) is 6.15. The van der Waals surface area contributed by atoms with Crippen molar-refractivity contribution in [3.8, 4) is 11.3 Å². The molecule has 1 saturated carbocycles. The topological polar surface area (TPSA) is 25.8 Å². The summed E-state index contributed by atoms with van der Waals surface area (Å²) in [6, 6.07) is 6.74. The van der Waals surface area contributed by atoms with E-state index >= 15 is 0 Å². The lowest BCUT2D eigenvalue weighted by Gasteiger charge is -2.08. The number of halogens is 4. The minimum atomic E-state index is -4.32. The Morgan fingerprint density at radius 3 is 2.25 bits per heavy atom. The van der Waals surface area contributed by atoms with Crippen LogP contribution in [0.15, 0.2) is 34.9 Å². The molecule has 1 fully saturated rings. The molecule has 1 heterocycles. The molecule has 0 spiro atoms. The third kappa shape index (κ3) is 2.85. The van der Waals surface area contributed by atoms with Crippen molar-refractivity contribution in [1.29, 1.82) is 0 Å². The van der Waals surface area contributed by atoms with E-state index in [1.54, 1.807) is 6.07 Å². The summed E-state index contributed by atoms with van der Waals surface area (Å²) >= 11 is 3.32. The second kappa shape index (κ2) is 4.84. The fraction of sp³-hybridized carbons (Fsp3) is 0.286. The van der Waals surface area contributed by atoms with E-state index < -0.39 is 11.7 Å². The molecule has 0 aliphatic heterocycles. The van der Waals surface area contributed by atoms with E-state index in [-0.39, 0.29) is 0 Å². The Kier molecular flexibility index (Phi) is 3.28. The van der Waals surface area contributed by atoms with Gasteiger partial charge in [-0.05, 0) is 47.0 Å². The van der Waals surface area contributed by atoms with E-state index in [9.17, 15) is 13.2 Å². The molecular formula is C14H10BrF3N2.